The first kappa shape index (κ1) is 46.1. The molecule has 1 saturated carbocycles. The second-order valence-corrected chi connectivity index (χ2v) is 22.4. The molecular formula is C52H61N9O9S. The topological polar surface area (TPSA) is 197 Å². The van der Waals surface area contributed by atoms with Gasteiger partial charge in [-0.2, -0.15) is 4.98 Å². The molecule has 19 heteroatoms. The summed E-state index contributed by atoms with van der Waals surface area (Å²) in [5.41, 5.74) is 5.60. The number of nitro groups is 1. The average molecular weight is 988 g/mol. The number of ether oxygens (including phenoxy) is 4. The number of sulfonamides is 1. The smallest absolute Gasteiger partial charge is 0.297 e. The zero-order chi connectivity index (χ0) is 48.4. The number of carbonyl (C=O) groups excluding carboxylic acids is 1. The highest BCUT2D eigenvalue weighted by Gasteiger charge is 2.50. The molecule has 71 heavy (non-hydrogen) atoms. The molecule has 8 heterocycles. The van der Waals surface area contributed by atoms with Crippen molar-refractivity contribution in [3.8, 4) is 11.6 Å². The maximum absolute atomic E-state index is 14.8. The van der Waals surface area contributed by atoms with E-state index in [1.54, 1.807) is 6.07 Å². The van der Waals surface area contributed by atoms with Crippen LogP contribution in [-0.2, 0) is 19.5 Å². The molecule has 18 nitrogen and oxygen atoms in total. The van der Waals surface area contributed by atoms with Gasteiger partial charge in [-0.05, 0) is 105 Å². The SMILES string of the molecule is Cc1ccccc1[C@@H]1CCCN1C1CC2(CCN(c3ccc(C(=O)NS(=O)(=O)c4cc5c(c([N+](=O)[O-])c4)N[C@@H](CN4CCOCC4)CO5)c(N4C[C@@H]5CCOC[C@H]5Oc5nc6[nH]ccc6cc54)c3)CC2)C1. The number of piperidine rings is 1. The lowest BCUT2D eigenvalue weighted by molar-refractivity contribution is -0.384. The number of morpholine rings is 1. The van der Waals surface area contributed by atoms with Gasteiger partial charge in [-0.3, -0.25) is 24.7 Å². The van der Waals surface area contributed by atoms with Crippen molar-refractivity contribution in [2.24, 2.45) is 11.3 Å². The standard InChI is InChI=1S/C52H61N9O9S/c1-33-5-2-3-6-40(33)42-7-4-15-59(42)38-27-52(28-38)12-16-58(17-13-52)37-8-9-41(43(24-37)60-29-35-11-20-68-32-47(35)70-51-45(60)23-34-10-14-53-49(34)55-51)50(62)56-71(65,66)39-25-44(61(63)64)48-46(26-39)69-31-36(54-48)30-57-18-21-67-22-19-57/h2-3,5-6,8-10,14,23-26,35-36,38,42,47,54H,4,7,11-13,15-22,27-32H2,1H3,(H,53,55)(H,56,62)/t35-,36-,42-,47+/m0/s1. The van der Waals surface area contributed by atoms with Crippen LogP contribution in [0, 0.1) is 28.4 Å². The zero-order valence-corrected chi connectivity index (χ0v) is 40.8. The number of anilines is 4. The Morgan fingerprint density at radius 2 is 1.77 bits per heavy atom. The van der Waals surface area contributed by atoms with Crippen LogP contribution in [0.4, 0.5) is 28.4 Å². The second kappa shape index (κ2) is 18.6. The Hall–Kier alpha value is -5.99. The van der Waals surface area contributed by atoms with Gasteiger partial charge in [0.25, 0.3) is 21.6 Å². The number of amides is 1. The molecule has 374 valence electrons. The van der Waals surface area contributed by atoms with Crippen molar-refractivity contribution in [1.82, 2.24) is 24.5 Å². The first-order valence-corrected chi connectivity index (χ1v) is 26.8. The van der Waals surface area contributed by atoms with Crippen molar-refractivity contribution in [2.75, 3.05) is 94.0 Å². The quantitative estimate of drug-likeness (QED) is 0.0962. The summed E-state index contributed by atoms with van der Waals surface area (Å²) in [5.74, 6) is -0.479. The van der Waals surface area contributed by atoms with Gasteiger partial charge in [0.05, 0.1) is 46.9 Å². The van der Waals surface area contributed by atoms with Crippen LogP contribution in [0.15, 0.2) is 77.8 Å². The number of rotatable bonds is 10. The molecule has 1 spiro atoms. The van der Waals surface area contributed by atoms with Gasteiger partial charge in [0.15, 0.2) is 11.4 Å². The van der Waals surface area contributed by atoms with E-state index < -0.39 is 31.4 Å². The van der Waals surface area contributed by atoms with Crippen LogP contribution in [0.1, 0.15) is 72.5 Å². The summed E-state index contributed by atoms with van der Waals surface area (Å²) >= 11 is 0. The van der Waals surface area contributed by atoms with E-state index in [9.17, 15) is 23.3 Å². The highest BCUT2D eigenvalue weighted by atomic mass is 32.2. The minimum atomic E-state index is -4.69. The van der Waals surface area contributed by atoms with Gasteiger partial charge in [-0.25, -0.2) is 13.1 Å². The molecule has 1 amide bonds. The molecule has 0 unspecified atom stereocenters. The predicted octanol–water partition coefficient (Wildman–Crippen LogP) is 6.93. The average Bonchev–Trinajstić information content (AvgIpc) is 4.01. The summed E-state index contributed by atoms with van der Waals surface area (Å²) in [6.45, 7) is 9.86. The molecule has 12 rings (SSSR count). The summed E-state index contributed by atoms with van der Waals surface area (Å²) in [5, 5.41) is 16.6. The van der Waals surface area contributed by atoms with E-state index in [1.165, 1.54) is 42.9 Å². The maximum Gasteiger partial charge on any atom is 0.297 e. The number of benzene rings is 3. The Kier molecular flexibility index (Phi) is 12.1. The molecular weight excluding hydrogens is 927 g/mol. The van der Waals surface area contributed by atoms with E-state index in [4.69, 9.17) is 23.9 Å². The third-order valence-corrected chi connectivity index (χ3v) is 17.7. The van der Waals surface area contributed by atoms with Gasteiger partial charge in [0.1, 0.15) is 24.0 Å². The van der Waals surface area contributed by atoms with E-state index in [1.807, 2.05) is 30.5 Å². The van der Waals surface area contributed by atoms with Crippen molar-refractivity contribution < 1.29 is 37.1 Å². The number of nitro benzene ring substituents is 1. The number of aromatic amines is 1. The van der Waals surface area contributed by atoms with Gasteiger partial charge in [0, 0.05) is 93.3 Å². The third-order valence-electron chi connectivity index (χ3n) is 16.4. The molecule has 5 aromatic rings. The van der Waals surface area contributed by atoms with Crippen LogP contribution in [0.2, 0.25) is 0 Å². The summed E-state index contributed by atoms with van der Waals surface area (Å²) in [6.07, 6.45) is 9.18. The van der Waals surface area contributed by atoms with E-state index in [-0.39, 0.29) is 41.7 Å². The minimum Gasteiger partial charge on any atom is -0.489 e. The van der Waals surface area contributed by atoms with Crippen molar-refractivity contribution in [3.63, 3.8) is 0 Å². The van der Waals surface area contributed by atoms with Crippen LogP contribution in [-0.4, -0.2) is 136 Å². The van der Waals surface area contributed by atoms with Crippen molar-refractivity contribution in [1.29, 1.82) is 0 Å². The molecule has 4 atom stereocenters. The minimum absolute atomic E-state index is 0.000121. The van der Waals surface area contributed by atoms with Crippen molar-refractivity contribution >= 4 is 55.4 Å². The van der Waals surface area contributed by atoms with Crippen LogP contribution in [0.3, 0.4) is 0 Å². The van der Waals surface area contributed by atoms with Gasteiger partial charge < -0.3 is 39.0 Å². The van der Waals surface area contributed by atoms with Crippen LogP contribution >= 0.6 is 0 Å². The van der Waals surface area contributed by atoms with Gasteiger partial charge in [-0.1, -0.05) is 24.3 Å². The number of fused-ring (bicyclic) bond motifs is 4. The lowest BCUT2D eigenvalue weighted by Gasteiger charge is -2.56. The Morgan fingerprint density at radius 1 is 0.944 bits per heavy atom. The number of likely N-dealkylation sites (tertiary alicyclic amines) is 1. The fourth-order valence-electron chi connectivity index (χ4n) is 12.5. The molecule has 0 radical (unpaired) electrons. The third kappa shape index (κ3) is 8.82. The largest absolute Gasteiger partial charge is 0.489 e. The van der Waals surface area contributed by atoms with Crippen molar-refractivity contribution in [2.45, 2.75) is 81.0 Å². The first-order valence-electron chi connectivity index (χ1n) is 25.3. The lowest BCUT2D eigenvalue weighted by atomic mass is 9.59. The van der Waals surface area contributed by atoms with Gasteiger partial charge >= 0.3 is 0 Å². The summed E-state index contributed by atoms with van der Waals surface area (Å²) in [6, 6.07) is 21.4. The maximum atomic E-state index is 14.8. The highest BCUT2D eigenvalue weighted by molar-refractivity contribution is 7.90. The molecule has 0 bridgehead atoms. The number of nitrogens with one attached hydrogen (secondary N) is 3. The highest BCUT2D eigenvalue weighted by Crippen LogP contribution is 2.54. The Balaban J connectivity index is 0.836. The molecule has 4 saturated heterocycles. The monoisotopic (exact) mass is 987 g/mol. The summed E-state index contributed by atoms with van der Waals surface area (Å²) in [7, 11) is -4.69. The Labute approximate surface area is 413 Å². The molecule has 1 aliphatic carbocycles. The number of hydrogen-bond donors (Lipinski definition) is 3. The number of pyridine rings is 1. The van der Waals surface area contributed by atoms with E-state index in [0.717, 1.165) is 62.7 Å². The van der Waals surface area contributed by atoms with Crippen LogP contribution in [0.25, 0.3) is 11.0 Å². The Morgan fingerprint density at radius 3 is 2.59 bits per heavy atom. The number of aryl methyl sites for hydroxylation is 1. The number of nitrogens with zero attached hydrogens (tertiary/aromatic N) is 6. The van der Waals surface area contributed by atoms with E-state index in [2.05, 4.69) is 65.8 Å². The van der Waals surface area contributed by atoms with E-state index >= 15 is 0 Å². The van der Waals surface area contributed by atoms with Crippen LogP contribution < -0.4 is 29.3 Å². The molecule has 3 aromatic carbocycles. The number of aromatic nitrogens is 2. The Bertz CT molecular complexity index is 2960. The number of carbonyl (C=O) groups is 1. The number of hydrogen-bond acceptors (Lipinski definition) is 15. The number of H-pyrrole nitrogens is 1. The van der Waals surface area contributed by atoms with Gasteiger partial charge in [0.2, 0.25) is 5.88 Å². The molecule has 7 aliphatic rings. The summed E-state index contributed by atoms with van der Waals surface area (Å²) in [4.78, 5) is 43.7. The molecule has 5 fully saturated rings. The van der Waals surface area contributed by atoms with Gasteiger partial charge in [-0.15, -0.1) is 0 Å². The van der Waals surface area contributed by atoms with Crippen molar-refractivity contribution in [3.05, 3.63) is 99.7 Å². The zero-order valence-electron chi connectivity index (χ0n) is 40.0. The van der Waals surface area contributed by atoms with Crippen LogP contribution in [0.5, 0.6) is 11.6 Å². The molecule has 2 aromatic heterocycles. The fraction of sp³-hybridized carbons (Fsp3) is 0.500. The molecule has 3 N–H and O–H groups in total. The lowest BCUT2D eigenvalue weighted by Crippen LogP contribution is -2.54. The fourth-order valence-corrected chi connectivity index (χ4v) is 13.5. The predicted molar refractivity (Wildman–Crippen MR) is 268 cm³/mol. The van der Waals surface area contributed by atoms with E-state index in [0.29, 0.717) is 86.3 Å². The second-order valence-electron chi connectivity index (χ2n) is 20.7. The molecule has 6 aliphatic heterocycles. The normalized spacial score (nSPS) is 24.7. The summed E-state index contributed by atoms with van der Waals surface area (Å²) < 4.78 is 55.0. The first-order chi connectivity index (χ1) is 34.5.